The van der Waals surface area contributed by atoms with Gasteiger partial charge in [-0.15, -0.1) is 11.6 Å². The summed E-state index contributed by atoms with van der Waals surface area (Å²) in [5.41, 5.74) is 0.120. The third kappa shape index (κ3) is 2.14. The van der Waals surface area contributed by atoms with E-state index in [1.165, 1.54) is 6.07 Å². The number of aromatic nitrogens is 1. The second-order valence-corrected chi connectivity index (χ2v) is 3.19. The molecule has 1 aromatic heterocycles. The van der Waals surface area contributed by atoms with Crippen LogP contribution in [-0.4, -0.2) is 4.98 Å². The summed E-state index contributed by atoms with van der Waals surface area (Å²) in [7, 11) is 0. The molecule has 0 amide bonds. The van der Waals surface area contributed by atoms with Gasteiger partial charge < -0.3 is 0 Å². The molecule has 0 aliphatic heterocycles. The summed E-state index contributed by atoms with van der Waals surface area (Å²) in [6, 6.07) is 3.12. The van der Waals surface area contributed by atoms with E-state index in [9.17, 15) is 8.78 Å². The van der Waals surface area contributed by atoms with Crippen LogP contribution in [0.2, 0.25) is 0 Å². The quantitative estimate of drug-likeness (QED) is 0.583. The van der Waals surface area contributed by atoms with Gasteiger partial charge in [-0.1, -0.05) is 6.07 Å². The van der Waals surface area contributed by atoms with E-state index in [-0.39, 0.29) is 11.6 Å². The highest BCUT2D eigenvalue weighted by molar-refractivity contribution is 9.10. The molecule has 12 heavy (non-hydrogen) atoms. The molecule has 0 N–H and O–H groups in total. The van der Waals surface area contributed by atoms with E-state index in [0.29, 0.717) is 10.2 Å². The summed E-state index contributed by atoms with van der Waals surface area (Å²) in [6.07, 6.45) is -2.57. The molecular weight excluding hydrogens is 251 g/mol. The Kier molecular flexibility index (Phi) is 3.40. The Bertz CT molecular complexity index is 280. The number of pyridine rings is 1. The molecular formula is C7H5BrClF2N. The molecule has 1 heterocycles. The van der Waals surface area contributed by atoms with Crippen LogP contribution >= 0.6 is 27.5 Å². The molecule has 0 atom stereocenters. The van der Waals surface area contributed by atoms with Crippen molar-refractivity contribution in [2.75, 3.05) is 0 Å². The summed E-state index contributed by atoms with van der Waals surface area (Å²) in [4.78, 5) is 3.63. The van der Waals surface area contributed by atoms with Crippen molar-refractivity contribution in [1.82, 2.24) is 4.98 Å². The lowest BCUT2D eigenvalue weighted by Crippen LogP contribution is -1.96. The number of halogens is 4. The lowest BCUT2D eigenvalue weighted by atomic mass is 10.2. The van der Waals surface area contributed by atoms with E-state index < -0.39 is 6.43 Å². The van der Waals surface area contributed by atoms with Gasteiger partial charge in [0, 0.05) is 5.88 Å². The third-order valence-electron chi connectivity index (χ3n) is 1.33. The Balaban J connectivity index is 3.12. The standard InChI is InChI=1S/C7H5BrClF2N/c8-5-2-1-4(3-9)6(12-5)7(10)11/h1-2,7H,3H2. The molecule has 5 heteroatoms. The predicted molar refractivity (Wildman–Crippen MR) is 46.5 cm³/mol. The van der Waals surface area contributed by atoms with Gasteiger partial charge in [0.1, 0.15) is 10.3 Å². The Morgan fingerprint density at radius 1 is 1.50 bits per heavy atom. The zero-order valence-corrected chi connectivity index (χ0v) is 8.24. The molecule has 0 fully saturated rings. The van der Waals surface area contributed by atoms with Crippen LogP contribution in [0.1, 0.15) is 17.7 Å². The molecule has 1 rings (SSSR count). The molecule has 0 aliphatic carbocycles. The van der Waals surface area contributed by atoms with Crippen molar-refractivity contribution in [1.29, 1.82) is 0 Å². The van der Waals surface area contributed by atoms with E-state index in [1.807, 2.05) is 0 Å². The number of rotatable bonds is 2. The fraction of sp³-hybridized carbons (Fsp3) is 0.286. The van der Waals surface area contributed by atoms with Gasteiger partial charge in [0.25, 0.3) is 6.43 Å². The maximum atomic E-state index is 12.3. The van der Waals surface area contributed by atoms with Crippen molar-refractivity contribution >= 4 is 27.5 Å². The minimum Gasteiger partial charge on any atom is -0.240 e. The van der Waals surface area contributed by atoms with Crippen LogP contribution in [0.25, 0.3) is 0 Å². The molecule has 0 aromatic carbocycles. The van der Waals surface area contributed by atoms with Gasteiger partial charge in [-0.05, 0) is 27.6 Å². The molecule has 0 bridgehead atoms. The highest BCUT2D eigenvalue weighted by Crippen LogP contribution is 2.23. The Hall–Kier alpha value is -0.220. The first-order chi connectivity index (χ1) is 5.65. The molecule has 0 unspecified atom stereocenters. The summed E-state index contributed by atoms with van der Waals surface area (Å²) < 4.78 is 24.9. The summed E-state index contributed by atoms with van der Waals surface area (Å²) in [6.45, 7) is 0. The maximum Gasteiger partial charge on any atom is 0.280 e. The molecule has 0 spiro atoms. The molecule has 0 aliphatic rings. The second kappa shape index (κ2) is 4.14. The zero-order valence-electron chi connectivity index (χ0n) is 5.90. The van der Waals surface area contributed by atoms with Crippen LogP contribution in [0.4, 0.5) is 8.78 Å². The van der Waals surface area contributed by atoms with Crippen LogP contribution in [0.15, 0.2) is 16.7 Å². The van der Waals surface area contributed by atoms with Gasteiger partial charge in [-0.3, -0.25) is 0 Å². The van der Waals surface area contributed by atoms with Crippen LogP contribution in [0.3, 0.4) is 0 Å². The number of hydrogen-bond donors (Lipinski definition) is 0. The Labute approximate surface area is 81.9 Å². The van der Waals surface area contributed by atoms with Crippen molar-refractivity contribution in [3.05, 3.63) is 28.0 Å². The highest BCUT2D eigenvalue weighted by Gasteiger charge is 2.14. The monoisotopic (exact) mass is 255 g/mol. The number of alkyl halides is 3. The third-order valence-corrected chi connectivity index (χ3v) is 2.06. The van der Waals surface area contributed by atoms with Crippen molar-refractivity contribution in [2.45, 2.75) is 12.3 Å². The largest absolute Gasteiger partial charge is 0.280 e. The Morgan fingerprint density at radius 3 is 2.67 bits per heavy atom. The lowest BCUT2D eigenvalue weighted by Gasteiger charge is -2.04. The Morgan fingerprint density at radius 2 is 2.17 bits per heavy atom. The fourth-order valence-electron chi connectivity index (χ4n) is 0.781. The molecule has 0 saturated carbocycles. The van der Waals surface area contributed by atoms with Crippen molar-refractivity contribution < 1.29 is 8.78 Å². The first-order valence-corrected chi connectivity index (χ1v) is 4.47. The average Bonchev–Trinajstić information content (AvgIpc) is 2.04. The van der Waals surface area contributed by atoms with Crippen LogP contribution < -0.4 is 0 Å². The van der Waals surface area contributed by atoms with E-state index >= 15 is 0 Å². The predicted octanol–water partition coefficient (Wildman–Crippen LogP) is 3.52. The van der Waals surface area contributed by atoms with E-state index in [2.05, 4.69) is 20.9 Å². The van der Waals surface area contributed by atoms with Crippen molar-refractivity contribution in [3.63, 3.8) is 0 Å². The van der Waals surface area contributed by atoms with Crippen molar-refractivity contribution in [3.8, 4) is 0 Å². The molecule has 0 saturated heterocycles. The first kappa shape index (κ1) is 9.86. The topological polar surface area (TPSA) is 12.9 Å². The van der Waals surface area contributed by atoms with Crippen LogP contribution in [-0.2, 0) is 5.88 Å². The molecule has 1 nitrogen and oxygen atoms in total. The van der Waals surface area contributed by atoms with Gasteiger partial charge in [0.15, 0.2) is 0 Å². The molecule has 0 radical (unpaired) electrons. The van der Waals surface area contributed by atoms with Gasteiger partial charge in [0.2, 0.25) is 0 Å². The highest BCUT2D eigenvalue weighted by atomic mass is 79.9. The van der Waals surface area contributed by atoms with E-state index in [4.69, 9.17) is 11.6 Å². The van der Waals surface area contributed by atoms with Gasteiger partial charge >= 0.3 is 0 Å². The van der Waals surface area contributed by atoms with Gasteiger partial charge in [-0.25, -0.2) is 13.8 Å². The van der Waals surface area contributed by atoms with Gasteiger partial charge in [0.05, 0.1) is 0 Å². The van der Waals surface area contributed by atoms with Crippen LogP contribution in [0, 0.1) is 0 Å². The number of nitrogens with zero attached hydrogens (tertiary/aromatic N) is 1. The summed E-state index contributed by atoms with van der Waals surface area (Å²) >= 11 is 8.45. The smallest absolute Gasteiger partial charge is 0.240 e. The van der Waals surface area contributed by atoms with E-state index in [1.54, 1.807) is 6.07 Å². The van der Waals surface area contributed by atoms with Crippen molar-refractivity contribution in [2.24, 2.45) is 0 Å². The lowest BCUT2D eigenvalue weighted by molar-refractivity contribution is 0.145. The van der Waals surface area contributed by atoms with E-state index in [0.717, 1.165) is 0 Å². The minimum absolute atomic E-state index is 0.0555. The number of hydrogen-bond acceptors (Lipinski definition) is 1. The maximum absolute atomic E-state index is 12.3. The second-order valence-electron chi connectivity index (χ2n) is 2.11. The first-order valence-electron chi connectivity index (χ1n) is 3.14. The summed E-state index contributed by atoms with van der Waals surface area (Å²) in [5, 5.41) is 0. The SMILES string of the molecule is FC(F)c1nc(Br)ccc1CCl. The summed E-state index contributed by atoms with van der Waals surface area (Å²) in [5.74, 6) is 0.0555. The zero-order chi connectivity index (χ0) is 9.14. The minimum atomic E-state index is -2.57. The molecule has 1 aromatic rings. The molecule has 66 valence electrons. The normalized spacial score (nSPS) is 10.8. The van der Waals surface area contributed by atoms with Gasteiger partial charge in [-0.2, -0.15) is 0 Å². The average molecular weight is 256 g/mol. The van der Waals surface area contributed by atoms with Crippen LogP contribution in [0.5, 0.6) is 0 Å². The fourth-order valence-corrected chi connectivity index (χ4v) is 1.33.